The van der Waals surface area contributed by atoms with Crippen molar-refractivity contribution in [1.82, 2.24) is 15.2 Å². The Morgan fingerprint density at radius 3 is 2.65 bits per heavy atom. The van der Waals surface area contributed by atoms with Crippen LogP contribution >= 0.6 is 11.3 Å². The molecule has 0 unspecified atom stereocenters. The maximum absolute atomic E-state index is 12.7. The van der Waals surface area contributed by atoms with Crippen molar-refractivity contribution < 1.29 is 4.79 Å². The second kappa shape index (κ2) is 7.01. The van der Waals surface area contributed by atoms with Gasteiger partial charge >= 0.3 is 0 Å². The molecule has 4 rings (SSSR count). The number of benzene rings is 2. The summed E-state index contributed by atoms with van der Waals surface area (Å²) in [5, 5.41) is 13.3. The number of para-hydroxylation sites is 1. The molecule has 1 N–H and O–H groups in total. The van der Waals surface area contributed by atoms with Gasteiger partial charge in [0.25, 0.3) is 5.91 Å². The molecule has 0 saturated heterocycles. The van der Waals surface area contributed by atoms with E-state index in [1.165, 1.54) is 11.3 Å². The number of pyridine rings is 1. The Balaban J connectivity index is 1.56. The first kappa shape index (κ1) is 16.4. The summed E-state index contributed by atoms with van der Waals surface area (Å²) in [6, 6.07) is 19.5. The lowest BCUT2D eigenvalue weighted by atomic mass is 10.1. The lowest BCUT2D eigenvalue weighted by Crippen LogP contribution is -2.13. The number of fused-ring (bicyclic) bond motifs is 1. The molecule has 0 radical (unpaired) electrons. The molecule has 0 spiro atoms. The second-order valence-electron chi connectivity index (χ2n) is 5.95. The van der Waals surface area contributed by atoms with Gasteiger partial charge in [-0.25, -0.2) is 0 Å². The van der Waals surface area contributed by atoms with Gasteiger partial charge in [-0.3, -0.25) is 15.1 Å². The summed E-state index contributed by atoms with van der Waals surface area (Å²) >= 11 is 1.39. The van der Waals surface area contributed by atoms with E-state index in [1.807, 2.05) is 61.5 Å². The van der Waals surface area contributed by atoms with E-state index in [4.69, 9.17) is 0 Å². The third-order valence-electron chi connectivity index (χ3n) is 3.97. The predicted octanol–water partition coefficient (Wildman–Crippen LogP) is 4.24. The van der Waals surface area contributed by atoms with Crippen LogP contribution in [0.2, 0.25) is 0 Å². The van der Waals surface area contributed by atoms with Crippen LogP contribution in [0.5, 0.6) is 0 Å². The van der Waals surface area contributed by atoms with E-state index in [0.29, 0.717) is 17.1 Å². The van der Waals surface area contributed by atoms with Crippen molar-refractivity contribution in [2.45, 2.75) is 13.3 Å². The van der Waals surface area contributed by atoms with Gasteiger partial charge in [0.15, 0.2) is 0 Å². The highest BCUT2D eigenvalue weighted by Gasteiger charge is 2.14. The van der Waals surface area contributed by atoms with E-state index in [9.17, 15) is 4.79 Å². The van der Waals surface area contributed by atoms with Gasteiger partial charge in [0, 0.05) is 17.5 Å². The Morgan fingerprint density at radius 2 is 1.81 bits per heavy atom. The smallest absolute Gasteiger partial charge is 0.258 e. The monoisotopic (exact) mass is 360 g/mol. The van der Waals surface area contributed by atoms with Crippen LogP contribution in [-0.4, -0.2) is 21.1 Å². The Hall–Kier alpha value is -3.12. The summed E-state index contributed by atoms with van der Waals surface area (Å²) in [7, 11) is 0. The second-order valence-corrected chi connectivity index (χ2v) is 7.01. The number of aromatic nitrogens is 3. The molecule has 0 aliphatic heterocycles. The minimum absolute atomic E-state index is 0.200. The number of amides is 1. The quantitative estimate of drug-likeness (QED) is 0.591. The maximum Gasteiger partial charge on any atom is 0.258 e. The van der Waals surface area contributed by atoms with Crippen LogP contribution in [0.15, 0.2) is 60.7 Å². The number of carbonyl (C=O) groups is 1. The Bertz CT molecular complexity index is 1080. The lowest BCUT2D eigenvalue weighted by Gasteiger charge is -2.07. The fourth-order valence-electron chi connectivity index (χ4n) is 2.81. The van der Waals surface area contributed by atoms with E-state index in [-0.39, 0.29) is 5.91 Å². The Morgan fingerprint density at radius 1 is 1.04 bits per heavy atom. The number of hydrogen-bond acceptors (Lipinski definition) is 5. The third-order valence-corrected chi connectivity index (χ3v) is 4.81. The van der Waals surface area contributed by atoms with E-state index < -0.39 is 0 Å². The van der Waals surface area contributed by atoms with Gasteiger partial charge in [0.05, 0.1) is 11.1 Å². The van der Waals surface area contributed by atoms with Gasteiger partial charge < -0.3 is 0 Å². The molecule has 0 aliphatic rings. The molecule has 4 aromatic rings. The van der Waals surface area contributed by atoms with Gasteiger partial charge in [0.2, 0.25) is 5.13 Å². The zero-order chi connectivity index (χ0) is 17.9. The molecule has 5 nitrogen and oxygen atoms in total. The normalized spacial score (nSPS) is 10.8. The molecule has 0 bridgehead atoms. The van der Waals surface area contributed by atoms with Crippen LogP contribution in [0.3, 0.4) is 0 Å². The van der Waals surface area contributed by atoms with Crippen molar-refractivity contribution in [1.29, 1.82) is 0 Å². The molecule has 26 heavy (non-hydrogen) atoms. The van der Waals surface area contributed by atoms with Gasteiger partial charge in [-0.1, -0.05) is 59.9 Å². The Labute approximate surface area is 154 Å². The van der Waals surface area contributed by atoms with Gasteiger partial charge in [0.1, 0.15) is 5.01 Å². The average Bonchev–Trinajstić information content (AvgIpc) is 3.08. The summed E-state index contributed by atoms with van der Waals surface area (Å²) in [4.78, 5) is 17.2. The molecule has 2 heterocycles. The minimum atomic E-state index is -0.200. The maximum atomic E-state index is 12.7. The van der Waals surface area contributed by atoms with E-state index >= 15 is 0 Å². The van der Waals surface area contributed by atoms with Gasteiger partial charge in [-0.15, -0.1) is 10.2 Å². The minimum Gasteiger partial charge on any atom is -0.296 e. The SMILES string of the molecule is Cc1cc(C(=O)Nc2nnc(Cc3ccccc3)s2)c2ccccc2n1. The average molecular weight is 360 g/mol. The molecule has 0 saturated carbocycles. The molecule has 0 fully saturated rings. The molecular formula is C20H16N4OS. The van der Waals surface area contributed by atoms with Crippen molar-refractivity contribution in [2.24, 2.45) is 0 Å². The van der Waals surface area contributed by atoms with Crippen molar-refractivity contribution in [2.75, 3.05) is 5.32 Å². The number of nitrogens with one attached hydrogen (secondary N) is 1. The molecule has 0 atom stereocenters. The van der Waals surface area contributed by atoms with Crippen LogP contribution in [0.1, 0.15) is 26.6 Å². The topological polar surface area (TPSA) is 67.8 Å². The molecule has 2 aromatic carbocycles. The standard InChI is InChI=1S/C20H16N4OS/c1-13-11-16(15-9-5-6-10-17(15)21-13)19(25)22-20-24-23-18(26-20)12-14-7-3-2-4-8-14/h2-11H,12H2,1H3,(H,22,24,25). The fourth-order valence-corrected chi connectivity index (χ4v) is 3.58. The first-order valence-electron chi connectivity index (χ1n) is 8.23. The third kappa shape index (κ3) is 3.45. The Kier molecular flexibility index (Phi) is 4.41. The van der Waals surface area contributed by atoms with Crippen LogP contribution in [0, 0.1) is 6.92 Å². The number of nitrogens with zero attached hydrogens (tertiary/aromatic N) is 3. The van der Waals surface area contributed by atoms with E-state index in [1.54, 1.807) is 6.07 Å². The zero-order valence-corrected chi connectivity index (χ0v) is 15.0. The predicted molar refractivity (Wildman–Crippen MR) is 104 cm³/mol. The molecule has 6 heteroatoms. The number of aryl methyl sites for hydroxylation is 1. The molecule has 0 aliphatic carbocycles. The molecular weight excluding hydrogens is 344 g/mol. The molecule has 1 amide bonds. The molecule has 128 valence electrons. The fraction of sp³-hybridized carbons (Fsp3) is 0.100. The summed E-state index contributed by atoms with van der Waals surface area (Å²) in [5.74, 6) is -0.200. The summed E-state index contributed by atoms with van der Waals surface area (Å²) in [6.45, 7) is 1.88. The van der Waals surface area contributed by atoms with Gasteiger partial charge in [-0.05, 0) is 24.6 Å². The zero-order valence-electron chi connectivity index (χ0n) is 14.1. The highest BCUT2D eigenvalue weighted by Crippen LogP contribution is 2.22. The molecule has 2 aromatic heterocycles. The van der Waals surface area contributed by atoms with Crippen molar-refractivity contribution in [3.8, 4) is 0 Å². The highest BCUT2D eigenvalue weighted by atomic mass is 32.1. The summed E-state index contributed by atoms with van der Waals surface area (Å²) in [5.41, 5.74) is 3.36. The van der Waals surface area contributed by atoms with Crippen molar-refractivity contribution in [3.63, 3.8) is 0 Å². The first-order chi connectivity index (χ1) is 12.7. The summed E-state index contributed by atoms with van der Waals surface area (Å²) < 4.78 is 0. The van der Waals surface area contributed by atoms with Crippen LogP contribution in [-0.2, 0) is 6.42 Å². The number of hydrogen-bond donors (Lipinski definition) is 1. The van der Waals surface area contributed by atoms with Crippen LogP contribution in [0.4, 0.5) is 5.13 Å². The van der Waals surface area contributed by atoms with E-state index in [0.717, 1.165) is 27.2 Å². The number of carbonyl (C=O) groups excluding carboxylic acids is 1. The number of rotatable bonds is 4. The van der Waals surface area contributed by atoms with E-state index in [2.05, 4.69) is 20.5 Å². The van der Waals surface area contributed by atoms with Crippen LogP contribution < -0.4 is 5.32 Å². The van der Waals surface area contributed by atoms with Crippen molar-refractivity contribution in [3.05, 3.63) is 82.5 Å². The summed E-state index contributed by atoms with van der Waals surface area (Å²) in [6.07, 6.45) is 0.700. The number of anilines is 1. The largest absolute Gasteiger partial charge is 0.296 e. The first-order valence-corrected chi connectivity index (χ1v) is 9.05. The van der Waals surface area contributed by atoms with Crippen molar-refractivity contribution >= 4 is 33.3 Å². The van der Waals surface area contributed by atoms with Crippen LogP contribution in [0.25, 0.3) is 10.9 Å². The lowest BCUT2D eigenvalue weighted by molar-refractivity contribution is 0.102. The highest BCUT2D eigenvalue weighted by molar-refractivity contribution is 7.15. The van der Waals surface area contributed by atoms with Gasteiger partial charge in [-0.2, -0.15) is 0 Å².